The van der Waals surface area contributed by atoms with Crippen molar-refractivity contribution in [2.75, 3.05) is 6.54 Å². The van der Waals surface area contributed by atoms with Crippen molar-refractivity contribution in [3.8, 4) is 0 Å². The van der Waals surface area contributed by atoms with Crippen LogP contribution in [-0.4, -0.2) is 29.9 Å². The van der Waals surface area contributed by atoms with E-state index < -0.39 is 6.04 Å². The fourth-order valence-corrected chi connectivity index (χ4v) is 5.17. The Kier molecular flexibility index (Phi) is 5.91. The summed E-state index contributed by atoms with van der Waals surface area (Å²) in [4.78, 5) is 25.2. The molecule has 4 unspecified atom stereocenters. The van der Waals surface area contributed by atoms with E-state index >= 15 is 0 Å². The maximum Gasteiger partial charge on any atom is 0.246 e. The van der Waals surface area contributed by atoms with E-state index in [1.165, 1.54) is 0 Å². The number of fused-ring (bicyclic) bond motifs is 2. The first-order valence-electron chi connectivity index (χ1n) is 9.91. The summed E-state index contributed by atoms with van der Waals surface area (Å²) in [6, 6.07) is -0.546. The molecule has 2 bridgehead atoms. The molecule has 3 aliphatic rings. The van der Waals surface area contributed by atoms with Crippen molar-refractivity contribution in [3.05, 3.63) is 12.2 Å². The van der Waals surface area contributed by atoms with Crippen molar-refractivity contribution < 1.29 is 9.59 Å². The summed E-state index contributed by atoms with van der Waals surface area (Å²) in [6.45, 7) is 16.8. The molecule has 4 N–H and O–H groups in total. The van der Waals surface area contributed by atoms with Crippen molar-refractivity contribution in [2.24, 2.45) is 34.8 Å². The van der Waals surface area contributed by atoms with Crippen LogP contribution < -0.4 is 16.4 Å². The second-order valence-electron chi connectivity index (χ2n) is 9.68. The summed E-state index contributed by atoms with van der Waals surface area (Å²) >= 11 is 0. The van der Waals surface area contributed by atoms with Crippen molar-refractivity contribution in [2.45, 2.75) is 72.4 Å². The number of nitrogens with two attached hydrogens (primary N) is 1. The van der Waals surface area contributed by atoms with Crippen LogP contribution in [0.3, 0.4) is 0 Å². The molecule has 5 heteroatoms. The SMILES string of the molecule is C=C(C)C(=O)N[C@@H](CC(C)C)C(=O)NC1(C)C(CN)CC2CC1C2(C)C. The van der Waals surface area contributed by atoms with Gasteiger partial charge in [-0.2, -0.15) is 0 Å². The summed E-state index contributed by atoms with van der Waals surface area (Å²) in [5.41, 5.74) is 6.38. The summed E-state index contributed by atoms with van der Waals surface area (Å²) in [5, 5.41) is 6.18. The molecule has 3 rings (SSSR count). The fraction of sp³-hybridized carbons (Fsp3) is 0.810. The van der Waals surface area contributed by atoms with Gasteiger partial charge in [0.25, 0.3) is 0 Å². The number of hydrogen-bond donors (Lipinski definition) is 3. The van der Waals surface area contributed by atoms with Crippen LogP contribution >= 0.6 is 0 Å². The minimum absolute atomic E-state index is 0.101. The number of hydrogen-bond acceptors (Lipinski definition) is 3. The van der Waals surface area contributed by atoms with Crippen LogP contribution in [0, 0.1) is 29.1 Å². The molecule has 5 nitrogen and oxygen atoms in total. The van der Waals surface area contributed by atoms with Gasteiger partial charge in [0.2, 0.25) is 11.8 Å². The highest BCUT2D eigenvalue weighted by Gasteiger charge is 2.63. The molecule has 3 saturated carbocycles. The van der Waals surface area contributed by atoms with E-state index in [1.54, 1.807) is 6.92 Å². The Hall–Kier alpha value is -1.36. The van der Waals surface area contributed by atoms with Gasteiger partial charge in [-0.15, -0.1) is 0 Å². The van der Waals surface area contributed by atoms with Gasteiger partial charge in [-0.05, 0) is 68.7 Å². The van der Waals surface area contributed by atoms with E-state index in [9.17, 15) is 9.59 Å². The van der Waals surface area contributed by atoms with Crippen LogP contribution in [0.2, 0.25) is 0 Å². The first kappa shape index (κ1) is 20.9. The lowest BCUT2D eigenvalue weighted by molar-refractivity contribution is -0.161. The molecule has 26 heavy (non-hydrogen) atoms. The lowest BCUT2D eigenvalue weighted by Gasteiger charge is -2.67. The summed E-state index contributed by atoms with van der Waals surface area (Å²) in [6.07, 6.45) is 2.81. The van der Waals surface area contributed by atoms with Crippen molar-refractivity contribution in [3.63, 3.8) is 0 Å². The molecule has 0 aromatic heterocycles. The van der Waals surface area contributed by atoms with Gasteiger partial charge in [0, 0.05) is 11.1 Å². The zero-order valence-electron chi connectivity index (χ0n) is 17.3. The van der Waals surface area contributed by atoms with Gasteiger partial charge >= 0.3 is 0 Å². The standard InChI is InChI=1S/C21H37N3O2/c1-12(2)8-16(23-18(25)13(3)4)19(26)24-21(7)15(11-22)9-14-10-17(21)20(14,5)6/h12,14-17H,3,8-11,22H2,1-2,4-7H3,(H,23,25)(H,24,26)/t14?,15?,16-,17?,21?/m0/s1. The maximum atomic E-state index is 13.1. The third-order valence-corrected chi connectivity index (χ3v) is 7.01. The molecular weight excluding hydrogens is 326 g/mol. The van der Waals surface area contributed by atoms with Crippen molar-refractivity contribution in [1.29, 1.82) is 0 Å². The number of carbonyl (C=O) groups excluding carboxylic acids is 2. The van der Waals surface area contributed by atoms with Crippen LogP contribution in [0.25, 0.3) is 0 Å². The molecule has 0 aromatic rings. The van der Waals surface area contributed by atoms with Gasteiger partial charge in [-0.3, -0.25) is 9.59 Å². The monoisotopic (exact) mass is 363 g/mol. The van der Waals surface area contributed by atoms with Gasteiger partial charge in [-0.1, -0.05) is 34.3 Å². The Morgan fingerprint density at radius 3 is 2.31 bits per heavy atom. The maximum absolute atomic E-state index is 13.1. The molecule has 3 aliphatic carbocycles. The van der Waals surface area contributed by atoms with Gasteiger partial charge in [0.05, 0.1) is 0 Å². The Morgan fingerprint density at radius 2 is 1.85 bits per heavy atom. The zero-order chi connectivity index (χ0) is 19.9. The lowest BCUT2D eigenvalue weighted by Crippen LogP contribution is -2.72. The largest absolute Gasteiger partial charge is 0.349 e. The van der Waals surface area contributed by atoms with E-state index in [2.05, 4.69) is 51.8 Å². The molecule has 0 heterocycles. The molecule has 148 valence electrons. The highest BCUT2D eigenvalue weighted by Crippen LogP contribution is 2.64. The van der Waals surface area contributed by atoms with Gasteiger partial charge in [-0.25, -0.2) is 0 Å². The average molecular weight is 364 g/mol. The third kappa shape index (κ3) is 3.68. The van der Waals surface area contributed by atoms with Crippen molar-refractivity contribution in [1.82, 2.24) is 10.6 Å². The second-order valence-corrected chi connectivity index (χ2v) is 9.68. The predicted octanol–water partition coefficient (Wildman–Crippen LogP) is 2.61. The van der Waals surface area contributed by atoms with E-state index in [-0.39, 0.29) is 28.7 Å². The van der Waals surface area contributed by atoms with E-state index in [0.717, 1.165) is 12.8 Å². The Bertz CT molecular complexity index is 584. The molecule has 5 atom stereocenters. The number of rotatable bonds is 7. The normalized spacial score (nSPS) is 33.2. The highest BCUT2D eigenvalue weighted by molar-refractivity contribution is 5.96. The number of nitrogens with one attached hydrogen (secondary N) is 2. The van der Waals surface area contributed by atoms with Gasteiger partial charge in [0.1, 0.15) is 6.04 Å². The van der Waals surface area contributed by atoms with Crippen LogP contribution in [0.4, 0.5) is 0 Å². The molecule has 2 amide bonds. The summed E-state index contributed by atoms with van der Waals surface area (Å²) < 4.78 is 0. The summed E-state index contributed by atoms with van der Waals surface area (Å²) in [7, 11) is 0. The molecule has 0 aromatic carbocycles. The minimum Gasteiger partial charge on any atom is -0.349 e. The number of carbonyl (C=O) groups is 2. The fourth-order valence-electron chi connectivity index (χ4n) is 5.17. The molecule has 0 radical (unpaired) electrons. The Balaban J connectivity index is 2.19. The molecule has 0 spiro atoms. The quantitative estimate of drug-likeness (QED) is 0.608. The summed E-state index contributed by atoms with van der Waals surface area (Å²) in [5.74, 6) is 1.32. The lowest BCUT2D eigenvalue weighted by atomic mass is 9.41. The van der Waals surface area contributed by atoms with Crippen LogP contribution in [0.5, 0.6) is 0 Å². The smallest absolute Gasteiger partial charge is 0.246 e. The molecular formula is C21H37N3O2. The van der Waals surface area contributed by atoms with Gasteiger partial charge < -0.3 is 16.4 Å². The molecule has 3 fully saturated rings. The highest BCUT2D eigenvalue weighted by atomic mass is 16.2. The van der Waals surface area contributed by atoms with Gasteiger partial charge in [0.15, 0.2) is 0 Å². The topological polar surface area (TPSA) is 84.2 Å². The van der Waals surface area contributed by atoms with Crippen molar-refractivity contribution >= 4 is 11.8 Å². The molecule has 0 saturated heterocycles. The average Bonchev–Trinajstić information content (AvgIpc) is 2.52. The second kappa shape index (κ2) is 7.34. The first-order valence-corrected chi connectivity index (χ1v) is 9.91. The van der Waals surface area contributed by atoms with Crippen LogP contribution in [-0.2, 0) is 9.59 Å². The van der Waals surface area contributed by atoms with E-state index in [0.29, 0.717) is 36.3 Å². The molecule has 0 aliphatic heterocycles. The zero-order valence-corrected chi connectivity index (χ0v) is 17.3. The van der Waals surface area contributed by atoms with E-state index in [4.69, 9.17) is 5.73 Å². The van der Waals surface area contributed by atoms with E-state index in [1.807, 2.05) is 0 Å². The first-order chi connectivity index (χ1) is 11.9. The Morgan fingerprint density at radius 1 is 1.23 bits per heavy atom. The van der Waals surface area contributed by atoms with Crippen LogP contribution in [0.15, 0.2) is 12.2 Å². The third-order valence-electron chi connectivity index (χ3n) is 7.01. The number of amides is 2. The Labute approximate surface area is 158 Å². The predicted molar refractivity (Wildman–Crippen MR) is 105 cm³/mol. The minimum atomic E-state index is -0.546. The van der Waals surface area contributed by atoms with Crippen LogP contribution in [0.1, 0.15) is 60.8 Å².